The summed E-state index contributed by atoms with van der Waals surface area (Å²) in [4.78, 5) is 0. The van der Waals surface area contributed by atoms with Crippen LogP contribution < -0.4 is 4.74 Å². The zero-order valence-corrected chi connectivity index (χ0v) is 11.1. The van der Waals surface area contributed by atoms with Gasteiger partial charge in [0.05, 0.1) is 12.7 Å². The predicted octanol–water partition coefficient (Wildman–Crippen LogP) is 2.93. The van der Waals surface area contributed by atoms with E-state index < -0.39 is 6.10 Å². The highest BCUT2D eigenvalue weighted by Gasteiger charge is 2.25. The number of aliphatic hydroxyl groups excluding tert-OH is 1. The summed E-state index contributed by atoms with van der Waals surface area (Å²) < 4.78 is 11.1. The van der Waals surface area contributed by atoms with E-state index in [0.29, 0.717) is 12.5 Å². The van der Waals surface area contributed by atoms with Crippen LogP contribution in [0.25, 0.3) is 0 Å². The summed E-state index contributed by atoms with van der Waals surface area (Å²) in [5.74, 6) is 1.37. The van der Waals surface area contributed by atoms with E-state index in [1.165, 1.54) is 0 Å². The fraction of sp³-hybridized carbons (Fsp3) is 0.600. The smallest absolute Gasteiger partial charge is 0.119 e. The maximum Gasteiger partial charge on any atom is 0.119 e. The highest BCUT2D eigenvalue weighted by Crippen LogP contribution is 2.27. The van der Waals surface area contributed by atoms with Crippen LogP contribution in [0.1, 0.15) is 38.4 Å². The monoisotopic (exact) mass is 250 g/mol. The van der Waals surface area contributed by atoms with Crippen LogP contribution in [0.5, 0.6) is 5.75 Å². The zero-order valence-electron chi connectivity index (χ0n) is 11.1. The maximum absolute atomic E-state index is 10.2. The van der Waals surface area contributed by atoms with Crippen LogP contribution >= 0.6 is 0 Å². The van der Waals surface area contributed by atoms with Crippen LogP contribution in [0, 0.1) is 5.92 Å². The number of hydrogen-bond donors (Lipinski definition) is 1. The van der Waals surface area contributed by atoms with E-state index in [1.807, 2.05) is 24.3 Å². The molecule has 1 heterocycles. The van der Waals surface area contributed by atoms with Crippen molar-refractivity contribution in [2.24, 2.45) is 5.92 Å². The lowest BCUT2D eigenvalue weighted by atomic mass is 10.0. The van der Waals surface area contributed by atoms with Crippen molar-refractivity contribution < 1.29 is 14.6 Å². The van der Waals surface area contributed by atoms with Crippen LogP contribution in [0.15, 0.2) is 24.3 Å². The second-order valence-electron chi connectivity index (χ2n) is 5.27. The van der Waals surface area contributed by atoms with Gasteiger partial charge in [-0.2, -0.15) is 0 Å². The summed E-state index contributed by atoms with van der Waals surface area (Å²) in [6.45, 7) is 5.72. The lowest BCUT2D eigenvalue weighted by molar-refractivity contribution is -0.00260. The van der Waals surface area contributed by atoms with Gasteiger partial charge in [-0.25, -0.2) is 0 Å². The summed E-state index contributed by atoms with van der Waals surface area (Å²) >= 11 is 0. The first-order valence-corrected chi connectivity index (χ1v) is 6.69. The van der Waals surface area contributed by atoms with Gasteiger partial charge in [0.2, 0.25) is 0 Å². The minimum atomic E-state index is -0.522. The van der Waals surface area contributed by atoms with Crippen LogP contribution in [-0.2, 0) is 4.74 Å². The zero-order chi connectivity index (χ0) is 13.0. The fourth-order valence-corrected chi connectivity index (χ4v) is 2.09. The molecule has 0 saturated carbocycles. The molecule has 1 N–H and O–H groups in total. The first-order chi connectivity index (χ1) is 8.66. The Balaban J connectivity index is 1.93. The van der Waals surface area contributed by atoms with E-state index in [0.717, 1.165) is 30.8 Å². The summed E-state index contributed by atoms with van der Waals surface area (Å²) in [5, 5.41) is 10.2. The minimum absolute atomic E-state index is 0.0487. The first kappa shape index (κ1) is 13.4. The second kappa shape index (κ2) is 6.21. The Bertz CT molecular complexity index is 353. The van der Waals surface area contributed by atoms with Crippen molar-refractivity contribution >= 4 is 0 Å². The van der Waals surface area contributed by atoms with E-state index in [2.05, 4.69) is 13.8 Å². The van der Waals surface area contributed by atoms with Gasteiger partial charge in [-0.05, 0) is 36.5 Å². The Morgan fingerprint density at radius 1 is 1.33 bits per heavy atom. The molecule has 2 atom stereocenters. The molecule has 0 spiro atoms. The molecule has 2 unspecified atom stereocenters. The molecule has 18 heavy (non-hydrogen) atoms. The van der Waals surface area contributed by atoms with E-state index in [9.17, 15) is 5.11 Å². The van der Waals surface area contributed by atoms with E-state index in [1.54, 1.807) is 0 Å². The van der Waals surface area contributed by atoms with Gasteiger partial charge in [0.1, 0.15) is 11.9 Å². The van der Waals surface area contributed by atoms with Crippen molar-refractivity contribution in [1.29, 1.82) is 0 Å². The van der Waals surface area contributed by atoms with Crippen molar-refractivity contribution in [3.63, 3.8) is 0 Å². The SMILES string of the molecule is CC(C)COc1ccc(C(O)C2CCCO2)cc1. The average molecular weight is 250 g/mol. The summed E-state index contributed by atoms with van der Waals surface area (Å²) in [7, 11) is 0. The van der Waals surface area contributed by atoms with Gasteiger partial charge in [0.15, 0.2) is 0 Å². The molecular formula is C15H22O3. The van der Waals surface area contributed by atoms with Gasteiger partial charge in [-0.15, -0.1) is 0 Å². The molecule has 100 valence electrons. The maximum atomic E-state index is 10.2. The number of benzene rings is 1. The first-order valence-electron chi connectivity index (χ1n) is 6.69. The molecule has 3 heteroatoms. The van der Waals surface area contributed by atoms with E-state index in [4.69, 9.17) is 9.47 Å². The molecule has 0 aromatic heterocycles. The van der Waals surface area contributed by atoms with Crippen molar-refractivity contribution in [2.45, 2.75) is 38.9 Å². The van der Waals surface area contributed by atoms with Crippen LogP contribution in [0.2, 0.25) is 0 Å². The van der Waals surface area contributed by atoms with Crippen molar-refractivity contribution in [3.05, 3.63) is 29.8 Å². The third kappa shape index (κ3) is 3.47. The standard InChI is InChI=1S/C15H22O3/c1-11(2)10-18-13-7-5-12(6-8-13)15(16)14-4-3-9-17-14/h5-8,11,14-16H,3-4,9-10H2,1-2H3. The van der Waals surface area contributed by atoms with E-state index >= 15 is 0 Å². The van der Waals surface area contributed by atoms with Gasteiger partial charge >= 0.3 is 0 Å². The summed E-state index contributed by atoms with van der Waals surface area (Å²) in [6.07, 6.45) is 1.41. The number of aliphatic hydroxyl groups is 1. The quantitative estimate of drug-likeness (QED) is 0.873. The molecule has 0 aliphatic carbocycles. The number of ether oxygens (including phenoxy) is 2. The molecule has 1 aliphatic rings. The van der Waals surface area contributed by atoms with Crippen LogP contribution in [0.4, 0.5) is 0 Å². The highest BCUT2D eigenvalue weighted by molar-refractivity contribution is 5.29. The summed E-state index contributed by atoms with van der Waals surface area (Å²) in [6, 6.07) is 7.66. The Morgan fingerprint density at radius 2 is 2.06 bits per heavy atom. The van der Waals surface area contributed by atoms with Crippen molar-refractivity contribution in [2.75, 3.05) is 13.2 Å². The van der Waals surface area contributed by atoms with E-state index in [-0.39, 0.29) is 6.10 Å². The molecular weight excluding hydrogens is 228 g/mol. The van der Waals surface area contributed by atoms with Gasteiger partial charge in [0, 0.05) is 6.61 Å². The minimum Gasteiger partial charge on any atom is -0.493 e. The normalized spacial score (nSPS) is 21.2. The molecule has 1 saturated heterocycles. The molecule has 0 radical (unpaired) electrons. The van der Waals surface area contributed by atoms with Gasteiger partial charge < -0.3 is 14.6 Å². The van der Waals surface area contributed by atoms with Gasteiger partial charge in [0.25, 0.3) is 0 Å². The third-order valence-electron chi connectivity index (χ3n) is 3.12. The Labute approximate surface area is 109 Å². The summed E-state index contributed by atoms with van der Waals surface area (Å²) in [5.41, 5.74) is 0.902. The third-order valence-corrected chi connectivity index (χ3v) is 3.12. The van der Waals surface area contributed by atoms with Gasteiger partial charge in [-0.3, -0.25) is 0 Å². The lowest BCUT2D eigenvalue weighted by Gasteiger charge is -2.18. The van der Waals surface area contributed by atoms with Crippen molar-refractivity contribution in [1.82, 2.24) is 0 Å². The molecule has 1 aromatic carbocycles. The fourth-order valence-electron chi connectivity index (χ4n) is 2.09. The van der Waals surface area contributed by atoms with Crippen LogP contribution in [-0.4, -0.2) is 24.4 Å². The molecule has 0 bridgehead atoms. The number of rotatable bonds is 5. The molecule has 1 fully saturated rings. The molecule has 1 aliphatic heterocycles. The highest BCUT2D eigenvalue weighted by atomic mass is 16.5. The Morgan fingerprint density at radius 3 is 2.61 bits per heavy atom. The second-order valence-corrected chi connectivity index (χ2v) is 5.27. The molecule has 0 amide bonds. The average Bonchev–Trinajstić information content (AvgIpc) is 2.90. The number of hydrogen-bond acceptors (Lipinski definition) is 3. The Kier molecular flexibility index (Phi) is 4.61. The Hall–Kier alpha value is -1.06. The molecule has 2 rings (SSSR count). The molecule has 3 nitrogen and oxygen atoms in total. The predicted molar refractivity (Wildman–Crippen MR) is 70.7 cm³/mol. The largest absolute Gasteiger partial charge is 0.493 e. The topological polar surface area (TPSA) is 38.7 Å². The van der Waals surface area contributed by atoms with Gasteiger partial charge in [-0.1, -0.05) is 26.0 Å². The van der Waals surface area contributed by atoms with Crippen LogP contribution in [0.3, 0.4) is 0 Å². The molecule has 1 aromatic rings. The lowest BCUT2D eigenvalue weighted by Crippen LogP contribution is -2.17. The van der Waals surface area contributed by atoms with Crippen molar-refractivity contribution in [3.8, 4) is 5.75 Å².